The lowest BCUT2D eigenvalue weighted by Gasteiger charge is -2.04. The summed E-state index contributed by atoms with van der Waals surface area (Å²) in [4.78, 5) is 17.0. The van der Waals surface area contributed by atoms with E-state index in [1.165, 1.54) is 23.5 Å². The number of carbonyl (C=O) groups excluding carboxylic acids is 1. The molecule has 1 N–H and O–H groups in total. The maximum atomic E-state index is 13.0. The minimum absolute atomic E-state index is 0.172. The van der Waals surface area contributed by atoms with Gasteiger partial charge in [0.1, 0.15) is 5.82 Å². The first kappa shape index (κ1) is 20.3. The van der Waals surface area contributed by atoms with Crippen LogP contribution in [-0.2, 0) is 11.5 Å². The third kappa shape index (κ3) is 5.34. The summed E-state index contributed by atoms with van der Waals surface area (Å²) >= 11 is 3.12. The quantitative estimate of drug-likeness (QED) is 0.355. The molecule has 4 rings (SSSR count). The van der Waals surface area contributed by atoms with Crippen LogP contribution >= 0.6 is 23.1 Å². The monoisotopic (exact) mass is 434 g/mol. The Morgan fingerprint density at radius 1 is 0.900 bits per heavy atom. The molecular formula is C24H19FN2OS2. The van der Waals surface area contributed by atoms with Gasteiger partial charge in [0.05, 0.1) is 5.69 Å². The van der Waals surface area contributed by atoms with Gasteiger partial charge < -0.3 is 0 Å². The molecule has 1 amide bonds. The number of hydrogen-bond acceptors (Lipinski definition) is 4. The summed E-state index contributed by atoms with van der Waals surface area (Å²) in [7, 11) is 0. The Kier molecular flexibility index (Phi) is 6.57. The number of benzene rings is 3. The Hall–Kier alpha value is -2.96. The number of nitrogens with zero attached hydrogens (tertiary/aromatic N) is 1. The van der Waals surface area contributed by atoms with Gasteiger partial charge in [-0.05, 0) is 41.0 Å². The molecule has 6 heteroatoms. The van der Waals surface area contributed by atoms with E-state index in [0.717, 1.165) is 33.9 Å². The normalized spacial score (nSPS) is 10.7. The van der Waals surface area contributed by atoms with E-state index in [1.807, 2.05) is 60.0 Å². The van der Waals surface area contributed by atoms with Gasteiger partial charge in [-0.3, -0.25) is 10.1 Å². The molecule has 150 valence electrons. The van der Waals surface area contributed by atoms with E-state index >= 15 is 0 Å². The molecule has 0 aliphatic carbocycles. The second kappa shape index (κ2) is 9.69. The van der Waals surface area contributed by atoms with Crippen molar-refractivity contribution >= 4 is 34.1 Å². The average molecular weight is 435 g/mol. The van der Waals surface area contributed by atoms with Crippen LogP contribution in [0.4, 0.5) is 9.52 Å². The lowest BCUT2D eigenvalue weighted by atomic mass is 10.0. The first-order valence-corrected chi connectivity index (χ1v) is 11.4. The summed E-state index contributed by atoms with van der Waals surface area (Å²) in [6.07, 6.45) is 0. The highest BCUT2D eigenvalue weighted by Crippen LogP contribution is 2.23. The van der Waals surface area contributed by atoms with Gasteiger partial charge in [0.15, 0.2) is 5.13 Å². The van der Waals surface area contributed by atoms with E-state index in [-0.39, 0.29) is 11.7 Å². The molecule has 3 nitrogen and oxygen atoms in total. The number of anilines is 1. The fourth-order valence-corrected chi connectivity index (χ4v) is 4.60. The summed E-state index contributed by atoms with van der Waals surface area (Å²) in [6, 6.07) is 24.1. The fraction of sp³-hybridized carbons (Fsp3) is 0.0833. The molecule has 4 aromatic rings. The van der Waals surface area contributed by atoms with Crippen molar-refractivity contribution < 1.29 is 9.18 Å². The maximum absolute atomic E-state index is 13.0. The summed E-state index contributed by atoms with van der Waals surface area (Å²) < 4.78 is 13.0. The molecule has 0 spiro atoms. The van der Waals surface area contributed by atoms with Gasteiger partial charge in [0.2, 0.25) is 0 Å². The molecular weight excluding hydrogens is 415 g/mol. The maximum Gasteiger partial charge on any atom is 0.257 e. The third-order valence-corrected chi connectivity index (χ3v) is 6.30. The number of halogens is 1. The van der Waals surface area contributed by atoms with Gasteiger partial charge >= 0.3 is 0 Å². The van der Waals surface area contributed by atoms with Gasteiger partial charge in [0.25, 0.3) is 5.91 Å². The minimum Gasteiger partial charge on any atom is -0.298 e. The summed E-state index contributed by atoms with van der Waals surface area (Å²) in [5, 5.41) is 5.41. The molecule has 1 heterocycles. The summed E-state index contributed by atoms with van der Waals surface area (Å²) in [5.41, 5.74) is 4.78. The average Bonchev–Trinajstić information content (AvgIpc) is 3.23. The van der Waals surface area contributed by atoms with Gasteiger partial charge in [-0.25, -0.2) is 9.37 Å². The SMILES string of the molecule is O=C(Nc1nc(CSCc2ccc(F)cc2)cs1)c1ccc(-c2ccccc2)cc1. The number of thioether (sulfide) groups is 1. The van der Waals surface area contributed by atoms with Crippen molar-refractivity contribution in [1.82, 2.24) is 4.98 Å². The number of amides is 1. The number of hydrogen-bond donors (Lipinski definition) is 1. The second-order valence-electron chi connectivity index (χ2n) is 6.66. The Balaban J connectivity index is 1.30. The first-order chi connectivity index (χ1) is 14.7. The Labute approximate surface area is 183 Å². The van der Waals surface area contributed by atoms with Crippen LogP contribution in [0.3, 0.4) is 0 Å². The number of thiazole rings is 1. The van der Waals surface area contributed by atoms with Gasteiger partial charge in [0, 0.05) is 22.4 Å². The van der Waals surface area contributed by atoms with Gasteiger partial charge in [-0.2, -0.15) is 11.8 Å². The molecule has 0 saturated heterocycles. The number of rotatable bonds is 7. The largest absolute Gasteiger partial charge is 0.298 e. The molecule has 0 radical (unpaired) electrons. The van der Waals surface area contributed by atoms with Crippen molar-refractivity contribution in [3.63, 3.8) is 0 Å². The van der Waals surface area contributed by atoms with Crippen molar-refractivity contribution in [1.29, 1.82) is 0 Å². The molecule has 0 aliphatic heterocycles. The molecule has 3 aromatic carbocycles. The van der Waals surface area contributed by atoms with Crippen molar-refractivity contribution in [2.45, 2.75) is 11.5 Å². The van der Waals surface area contributed by atoms with Crippen LogP contribution in [0.25, 0.3) is 11.1 Å². The van der Waals surface area contributed by atoms with Crippen LogP contribution in [0.5, 0.6) is 0 Å². The molecule has 0 saturated carbocycles. The first-order valence-electron chi connectivity index (χ1n) is 9.41. The fourth-order valence-electron chi connectivity index (χ4n) is 2.90. The van der Waals surface area contributed by atoms with Gasteiger partial charge in [-0.1, -0.05) is 54.6 Å². The minimum atomic E-state index is -0.224. The highest BCUT2D eigenvalue weighted by atomic mass is 32.2. The molecule has 0 atom stereocenters. The highest BCUT2D eigenvalue weighted by Gasteiger charge is 2.10. The van der Waals surface area contributed by atoms with E-state index < -0.39 is 0 Å². The summed E-state index contributed by atoms with van der Waals surface area (Å²) in [5.74, 6) is 1.12. The molecule has 0 fully saturated rings. The number of nitrogens with one attached hydrogen (secondary N) is 1. The van der Waals surface area contributed by atoms with E-state index in [1.54, 1.807) is 23.9 Å². The van der Waals surface area contributed by atoms with Crippen LogP contribution in [0.15, 0.2) is 84.2 Å². The van der Waals surface area contributed by atoms with Crippen molar-refractivity contribution in [3.8, 4) is 11.1 Å². The molecule has 0 bridgehead atoms. The van der Waals surface area contributed by atoms with Crippen LogP contribution in [0.2, 0.25) is 0 Å². The zero-order valence-corrected chi connectivity index (χ0v) is 17.7. The van der Waals surface area contributed by atoms with E-state index in [9.17, 15) is 9.18 Å². The Morgan fingerprint density at radius 3 is 2.33 bits per heavy atom. The van der Waals surface area contributed by atoms with Crippen LogP contribution in [0.1, 0.15) is 21.6 Å². The van der Waals surface area contributed by atoms with Crippen molar-refractivity contribution in [2.24, 2.45) is 0 Å². The van der Waals surface area contributed by atoms with Crippen LogP contribution in [0, 0.1) is 5.82 Å². The van der Waals surface area contributed by atoms with Crippen LogP contribution < -0.4 is 5.32 Å². The number of aromatic nitrogens is 1. The smallest absolute Gasteiger partial charge is 0.257 e. The highest BCUT2D eigenvalue weighted by molar-refractivity contribution is 7.97. The molecule has 30 heavy (non-hydrogen) atoms. The molecule has 0 unspecified atom stereocenters. The van der Waals surface area contributed by atoms with E-state index in [0.29, 0.717) is 10.7 Å². The topological polar surface area (TPSA) is 42.0 Å². The number of carbonyl (C=O) groups is 1. The zero-order chi connectivity index (χ0) is 20.8. The predicted molar refractivity (Wildman–Crippen MR) is 123 cm³/mol. The summed E-state index contributed by atoms with van der Waals surface area (Å²) in [6.45, 7) is 0. The van der Waals surface area contributed by atoms with E-state index in [2.05, 4.69) is 10.3 Å². The van der Waals surface area contributed by atoms with Crippen molar-refractivity contribution in [3.05, 3.63) is 107 Å². The molecule has 0 aliphatic rings. The predicted octanol–water partition coefficient (Wildman–Crippen LogP) is 6.63. The van der Waals surface area contributed by atoms with E-state index in [4.69, 9.17) is 0 Å². The van der Waals surface area contributed by atoms with Crippen LogP contribution in [-0.4, -0.2) is 10.9 Å². The van der Waals surface area contributed by atoms with Crippen molar-refractivity contribution in [2.75, 3.05) is 5.32 Å². The Morgan fingerprint density at radius 2 is 1.60 bits per heavy atom. The Bertz CT molecular complexity index is 1110. The van der Waals surface area contributed by atoms with Gasteiger partial charge in [-0.15, -0.1) is 11.3 Å². The zero-order valence-electron chi connectivity index (χ0n) is 16.0. The lowest BCUT2D eigenvalue weighted by molar-refractivity contribution is 0.102. The molecule has 1 aromatic heterocycles. The second-order valence-corrected chi connectivity index (χ2v) is 8.50. The standard InChI is InChI=1S/C24H19FN2OS2/c25-21-12-6-17(7-13-21)14-29-15-22-16-30-24(26-22)27-23(28)20-10-8-19(9-11-20)18-4-2-1-3-5-18/h1-13,16H,14-15H2,(H,26,27,28). The third-order valence-electron chi connectivity index (χ3n) is 4.46. The lowest BCUT2D eigenvalue weighted by Crippen LogP contribution is -2.11.